The fourth-order valence-corrected chi connectivity index (χ4v) is 0. The molecule has 6 heteroatoms. The minimum atomic E-state index is -0.757. The van der Waals surface area contributed by atoms with Crippen LogP contribution in [0, 0.1) is 10.8 Å². The Hall–Kier alpha value is -1.14. The third-order valence-corrected chi connectivity index (χ3v) is 1.55. The summed E-state index contributed by atoms with van der Waals surface area (Å²) >= 11 is 0. The largest absolute Gasteiger partial charge is 0.481 e. The van der Waals surface area contributed by atoms with Crippen LogP contribution < -0.4 is 0 Å². The van der Waals surface area contributed by atoms with Gasteiger partial charge in [-0.2, -0.15) is 0 Å². The van der Waals surface area contributed by atoms with E-state index < -0.39 is 28.9 Å². The number of carboxylic acids is 2. The number of aliphatic carboxylic acids is 2. The van der Waals surface area contributed by atoms with Crippen LogP contribution >= 0.6 is 0 Å². The molecule has 1 unspecified atom stereocenters. The zero-order chi connectivity index (χ0) is 16.4. The molecule has 0 aliphatic carbocycles. The molecule has 4 N–H and O–H groups in total. The smallest absolute Gasteiger partial charge is 0.308 e. The molecule has 19 heavy (non-hydrogen) atoms. The number of carbonyl (C=O) groups is 2. The molecule has 0 aromatic carbocycles. The predicted molar refractivity (Wildman–Crippen MR) is 72.9 cm³/mol. The van der Waals surface area contributed by atoms with Gasteiger partial charge in [0.1, 0.15) is 0 Å². The van der Waals surface area contributed by atoms with Crippen LogP contribution in [0.25, 0.3) is 0 Å². The summed E-state index contributed by atoms with van der Waals surface area (Å²) in [6, 6.07) is 0. The van der Waals surface area contributed by atoms with Crippen molar-refractivity contribution in [3.8, 4) is 0 Å². The van der Waals surface area contributed by atoms with Crippen LogP contribution in [0.1, 0.15) is 48.5 Å². The van der Waals surface area contributed by atoms with Crippen molar-refractivity contribution in [2.24, 2.45) is 10.8 Å². The van der Waals surface area contributed by atoms with Gasteiger partial charge in [0.15, 0.2) is 0 Å². The summed E-state index contributed by atoms with van der Waals surface area (Å²) in [6.07, 6.45) is -0.560. The molecule has 1 atom stereocenters. The van der Waals surface area contributed by atoms with Crippen LogP contribution in [0.4, 0.5) is 0 Å². The van der Waals surface area contributed by atoms with E-state index in [-0.39, 0.29) is 6.61 Å². The standard InChI is InChI=1S/2C5H10O2.C3H8O2/c2*1-5(2,3)4(6)7;1-3(5)2-4/h2*1-3H3,(H,6,7);3-5H,2H2,1H3. The summed E-state index contributed by atoms with van der Waals surface area (Å²) < 4.78 is 0. The van der Waals surface area contributed by atoms with E-state index in [4.69, 9.17) is 20.4 Å². The molecular weight excluding hydrogens is 252 g/mol. The molecule has 0 aliphatic heterocycles. The highest BCUT2D eigenvalue weighted by Crippen LogP contribution is 2.11. The molecule has 0 saturated heterocycles. The van der Waals surface area contributed by atoms with Gasteiger partial charge in [-0.1, -0.05) is 0 Å². The number of hydrogen-bond donors (Lipinski definition) is 4. The minimum absolute atomic E-state index is 0.139. The Kier molecular flexibility index (Phi) is 11.8. The SMILES string of the molecule is CC(C)(C)C(=O)O.CC(C)(C)C(=O)O.CC(O)CO. The number of aliphatic hydroxyl groups is 2. The summed E-state index contributed by atoms with van der Waals surface area (Å²) in [5, 5.41) is 32.5. The molecule has 6 nitrogen and oxygen atoms in total. The summed E-state index contributed by atoms with van der Waals surface area (Å²) in [5.74, 6) is -1.51. The van der Waals surface area contributed by atoms with Gasteiger partial charge < -0.3 is 20.4 Å². The molecule has 0 fully saturated rings. The molecule has 0 aromatic heterocycles. The summed E-state index contributed by atoms with van der Waals surface area (Å²) in [6.45, 7) is 11.4. The topological polar surface area (TPSA) is 115 Å². The van der Waals surface area contributed by atoms with E-state index in [1.54, 1.807) is 41.5 Å². The van der Waals surface area contributed by atoms with Gasteiger partial charge in [-0.25, -0.2) is 0 Å². The maximum absolute atomic E-state index is 10.0. The van der Waals surface area contributed by atoms with Gasteiger partial charge in [0.2, 0.25) is 0 Å². The third kappa shape index (κ3) is 22.5. The first-order chi connectivity index (χ1) is 8.16. The van der Waals surface area contributed by atoms with Crippen molar-refractivity contribution >= 4 is 11.9 Å². The maximum Gasteiger partial charge on any atom is 0.308 e. The number of aliphatic hydroxyl groups excluding tert-OH is 2. The lowest BCUT2D eigenvalue weighted by Gasteiger charge is -2.08. The normalized spacial score (nSPS) is 12.3. The van der Waals surface area contributed by atoms with Crippen LogP contribution in [0.2, 0.25) is 0 Å². The highest BCUT2D eigenvalue weighted by molar-refractivity contribution is 5.73. The lowest BCUT2D eigenvalue weighted by atomic mass is 9.98. The molecule has 0 spiro atoms. The van der Waals surface area contributed by atoms with Gasteiger partial charge in [-0.15, -0.1) is 0 Å². The van der Waals surface area contributed by atoms with Gasteiger partial charge in [-0.3, -0.25) is 9.59 Å². The Morgan fingerprint density at radius 3 is 1.00 bits per heavy atom. The Morgan fingerprint density at radius 2 is 1.00 bits per heavy atom. The van der Waals surface area contributed by atoms with Crippen molar-refractivity contribution in [1.29, 1.82) is 0 Å². The zero-order valence-corrected chi connectivity index (χ0v) is 12.9. The summed E-state index contributed by atoms with van der Waals surface area (Å²) in [4.78, 5) is 20.0. The van der Waals surface area contributed by atoms with Crippen molar-refractivity contribution in [1.82, 2.24) is 0 Å². The summed E-state index contributed by atoms with van der Waals surface area (Å²) in [5.41, 5.74) is -1.17. The van der Waals surface area contributed by atoms with Crippen molar-refractivity contribution in [3.63, 3.8) is 0 Å². The van der Waals surface area contributed by atoms with E-state index in [0.717, 1.165) is 0 Å². The molecule has 0 heterocycles. The fraction of sp³-hybridized carbons (Fsp3) is 0.846. The molecule has 0 aliphatic rings. The van der Waals surface area contributed by atoms with Crippen molar-refractivity contribution in [3.05, 3.63) is 0 Å². The Labute approximate surface area is 115 Å². The molecule has 0 rings (SSSR count). The number of rotatable bonds is 1. The quantitative estimate of drug-likeness (QED) is 0.580. The molecule has 0 saturated carbocycles. The van der Waals surface area contributed by atoms with Crippen molar-refractivity contribution in [2.45, 2.75) is 54.6 Å². The van der Waals surface area contributed by atoms with Crippen LogP contribution in [0.15, 0.2) is 0 Å². The molecule has 0 bridgehead atoms. The van der Waals surface area contributed by atoms with Gasteiger partial charge in [0.25, 0.3) is 0 Å². The highest BCUT2D eigenvalue weighted by atomic mass is 16.4. The molecule has 0 amide bonds. The van der Waals surface area contributed by atoms with Crippen LogP contribution in [0.5, 0.6) is 0 Å². The Bertz CT molecular complexity index is 233. The van der Waals surface area contributed by atoms with E-state index in [1.807, 2.05) is 0 Å². The maximum atomic E-state index is 10.0. The first-order valence-electron chi connectivity index (χ1n) is 5.92. The van der Waals surface area contributed by atoms with Gasteiger partial charge in [0, 0.05) is 0 Å². The van der Waals surface area contributed by atoms with Crippen LogP contribution in [0.3, 0.4) is 0 Å². The van der Waals surface area contributed by atoms with Gasteiger partial charge >= 0.3 is 11.9 Å². The van der Waals surface area contributed by atoms with Crippen molar-refractivity contribution in [2.75, 3.05) is 6.61 Å². The first-order valence-corrected chi connectivity index (χ1v) is 5.92. The monoisotopic (exact) mass is 280 g/mol. The number of carboxylic acid groups (broad SMARTS) is 2. The number of hydrogen-bond acceptors (Lipinski definition) is 4. The van der Waals surface area contributed by atoms with E-state index in [2.05, 4.69) is 0 Å². The van der Waals surface area contributed by atoms with E-state index in [9.17, 15) is 9.59 Å². The Balaban J connectivity index is -0.000000206. The van der Waals surface area contributed by atoms with E-state index in [1.165, 1.54) is 6.92 Å². The average molecular weight is 280 g/mol. The molecular formula is C13H28O6. The Morgan fingerprint density at radius 1 is 0.895 bits per heavy atom. The van der Waals surface area contributed by atoms with E-state index >= 15 is 0 Å². The van der Waals surface area contributed by atoms with Gasteiger partial charge in [0.05, 0.1) is 23.5 Å². The molecule has 0 aromatic rings. The lowest BCUT2D eigenvalue weighted by molar-refractivity contribution is -0.146. The minimum Gasteiger partial charge on any atom is -0.481 e. The fourth-order valence-electron chi connectivity index (χ4n) is 0. The summed E-state index contributed by atoms with van der Waals surface area (Å²) in [7, 11) is 0. The first kappa shape index (κ1) is 23.0. The van der Waals surface area contributed by atoms with Crippen molar-refractivity contribution < 1.29 is 30.0 Å². The van der Waals surface area contributed by atoms with Crippen LogP contribution in [-0.2, 0) is 9.59 Å². The lowest BCUT2D eigenvalue weighted by Crippen LogP contribution is -2.18. The highest BCUT2D eigenvalue weighted by Gasteiger charge is 2.19. The van der Waals surface area contributed by atoms with Crippen LogP contribution in [-0.4, -0.2) is 45.1 Å². The second kappa shape index (κ2) is 9.75. The predicted octanol–water partition coefficient (Wildman–Crippen LogP) is 1.59. The molecule has 116 valence electrons. The average Bonchev–Trinajstić information content (AvgIpc) is 2.16. The second-order valence-electron chi connectivity index (χ2n) is 6.14. The molecule has 0 radical (unpaired) electrons. The second-order valence-corrected chi connectivity index (χ2v) is 6.14. The zero-order valence-electron chi connectivity index (χ0n) is 12.9. The van der Waals surface area contributed by atoms with E-state index in [0.29, 0.717) is 0 Å². The third-order valence-electron chi connectivity index (χ3n) is 1.55. The van der Waals surface area contributed by atoms with Gasteiger partial charge in [-0.05, 0) is 48.5 Å².